The second-order valence-electron chi connectivity index (χ2n) is 10.1. The normalized spacial score (nSPS) is 41.7. The predicted molar refractivity (Wildman–Crippen MR) is 99.5 cm³/mol. The Morgan fingerprint density at radius 1 is 0.435 bits per heavy atom. The molecule has 0 nitrogen and oxygen atoms in total. The van der Waals surface area contributed by atoms with Crippen LogP contribution in [0.15, 0.2) is 0 Å². The molecule has 0 amide bonds. The van der Waals surface area contributed by atoms with Crippen LogP contribution in [0.4, 0.5) is 0 Å². The zero-order valence-electron chi connectivity index (χ0n) is 15.5. The van der Waals surface area contributed by atoms with Crippen molar-refractivity contribution in [3.63, 3.8) is 0 Å². The number of hydrogen-bond donors (Lipinski definition) is 0. The largest absolute Gasteiger partial charge is 0.0528 e. The zero-order valence-corrected chi connectivity index (χ0v) is 15.5. The molecule has 7 saturated carbocycles. The molecular formula is C23H40. The van der Waals surface area contributed by atoms with Gasteiger partial charge in [-0.25, -0.2) is 0 Å². The van der Waals surface area contributed by atoms with Gasteiger partial charge < -0.3 is 0 Å². The molecule has 0 atom stereocenters. The second kappa shape index (κ2) is 7.49. The Bertz CT molecular complexity index is 301. The Hall–Kier alpha value is 0. The minimum atomic E-state index is 0.889. The van der Waals surface area contributed by atoms with Gasteiger partial charge in [0, 0.05) is 0 Å². The van der Waals surface area contributed by atoms with E-state index < -0.39 is 0 Å². The van der Waals surface area contributed by atoms with Gasteiger partial charge in [0.2, 0.25) is 0 Å². The SMILES string of the molecule is C1CC2CC1C2.C1CC2CCCC2C1.C1CCC2(C1)CCCC2. The first-order valence-electron chi connectivity index (χ1n) is 11.3. The lowest BCUT2D eigenvalue weighted by atomic mass is 9.85. The highest BCUT2D eigenvalue weighted by Crippen LogP contribution is 2.50. The first-order valence-corrected chi connectivity index (χ1v) is 11.3. The first kappa shape index (κ1) is 16.5. The Morgan fingerprint density at radius 2 is 0.826 bits per heavy atom. The third kappa shape index (κ3) is 3.98. The molecule has 7 aliphatic rings. The van der Waals surface area contributed by atoms with E-state index in [9.17, 15) is 0 Å². The van der Waals surface area contributed by atoms with Crippen molar-refractivity contribution in [2.45, 2.75) is 116 Å². The molecule has 0 radical (unpaired) electrons. The summed E-state index contributed by atoms with van der Waals surface area (Å²) in [5.74, 6) is 4.73. The highest BCUT2D eigenvalue weighted by molar-refractivity contribution is 4.88. The van der Waals surface area contributed by atoms with E-state index in [-0.39, 0.29) is 0 Å². The van der Waals surface area contributed by atoms with Crippen LogP contribution < -0.4 is 0 Å². The molecule has 7 aliphatic carbocycles. The molecule has 0 heterocycles. The van der Waals surface area contributed by atoms with Crippen LogP contribution in [0.3, 0.4) is 0 Å². The van der Waals surface area contributed by atoms with Crippen LogP contribution in [0.2, 0.25) is 0 Å². The third-order valence-electron chi connectivity index (χ3n) is 8.61. The molecule has 0 heteroatoms. The second-order valence-corrected chi connectivity index (χ2v) is 10.1. The highest BCUT2D eigenvalue weighted by Gasteiger charge is 2.36. The molecule has 0 aromatic rings. The van der Waals surface area contributed by atoms with Gasteiger partial charge >= 0.3 is 0 Å². The van der Waals surface area contributed by atoms with Crippen molar-refractivity contribution >= 4 is 0 Å². The van der Waals surface area contributed by atoms with Crippen molar-refractivity contribution in [3.8, 4) is 0 Å². The van der Waals surface area contributed by atoms with Gasteiger partial charge in [-0.3, -0.25) is 0 Å². The van der Waals surface area contributed by atoms with Gasteiger partial charge in [-0.15, -0.1) is 0 Å². The fourth-order valence-corrected chi connectivity index (χ4v) is 7.08. The summed E-state index contributed by atoms with van der Waals surface area (Å²) in [6, 6.07) is 0. The highest BCUT2D eigenvalue weighted by atomic mass is 14.4. The van der Waals surface area contributed by atoms with Gasteiger partial charge in [0.05, 0.1) is 0 Å². The standard InChI is InChI=1S/C9H16.C8H14.C6H10/c1-2-6-9(5-1)7-3-4-8-9;1-3-7-5-2-6-8(7)4-1;1-2-6-3-5(1)4-6/h1-8H2;7-8H,1-6H2;5-6H,1-4H2. The zero-order chi connectivity index (χ0) is 15.5. The minimum absolute atomic E-state index is 0.889. The molecular weight excluding hydrogens is 276 g/mol. The number of rotatable bonds is 0. The van der Waals surface area contributed by atoms with Crippen LogP contribution in [-0.4, -0.2) is 0 Å². The summed E-state index contributed by atoms with van der Waals surface area (Å²) in [5.41, 5.74) is 0.889. The molecule has 0 aliphatic heterocycles. The summed E-state index contributed by atoms with van der Waals surface area (Å²) < 4.78 is 0. The van der Waals surface area contributed by atoms with Gasteiger partial charge in [0.1, 0.15) is 0 Å². The van der Waals surface area contributed by atoms with Crippen LogP contribution in [-0.2, 0) is 0 Å². The molecule has 7 fully saturated rings. The average molecular weight is 317 g/mol. The summed E-state index contributed by atoms with van der Waals surface area (Å²) in [4.78, 5) is 0. The van der Waals surface area contributed by atoms with Gasteiger partial charge in [-0.1, -0.05) is 77.0 Å². The van der Waals surface area contributed by atoms with Gasteiger partial charge in [0.15, 0.2) is 0 Å². The topological polar surface area (TPSA) is 0 Å². The molecule has 0 unspecified atom stereocenters. The molecule has 0 aromatic heterocycles. The summed E-state index contributed by atoms with van der Waals surface area (Å²) >= 11 is 0. The van der Waals surface area contributed by atoms with Gasteiger partial charge in [-0.05, 0) is 67.6 Å². The van der Waals surface area contributed by atoms with E-state index >= 15 is 0 Å². The van der Waals surface area contributed by atoms with Crippen LogP contribution >= 0.6 is 0 Å². The number of fused-ring (bicyclic) bond motifs is 2. The van der Waals surface area contributed by atoms with E-state index in [1.807, 2.05) is 0 Å². The van der Waals surface area contributed by atoms with Crippen molar-refractivity contribution in [2.24, 2.45) is 29.1 Å². The monoisotopic (exact) mass is 316 g/mol. The average Bonchev–Trinajstić information content (AvgIpc) is 3.36. The van der Waals surface area contributed by atoms with Crippen LogP contribution in [0.5, 0.6) is 0 Å². The molecule has 0 saturated heterocycles. The van der Waals surface area contributed by atoms with Crippen molar-refractivity contribution in [3.05, 3.63) is 0 Å². The van der Waals surface area contributed by atoms with Crippen molar-refractivity contribution < 1.29 is 0 Å². The van der Waals surface area contributed by atoms with E-state index in [0.29, 0.717) is 0 Å². The van der Waals surface area contributed by atoms with Crippen LogP contribution in [0, 0.1) is 29.1 Å². The summed E-state index contributed by atoms with van der Waals surface area (Å²) in [6.07, 6.45) is 28.0. The van der Waals surface area contributed by atoms with Crippen molar-refractivity contribution in [1.82, 2.24) is 0 Å². The van der Waals surface area contributed by atoms with E-state index in [0.717, 1.165) is 5.41 Å². The lowest BCUT2D eigenvalue weighted by Gasteiger charge is -2.21. The van der Waals surface area contributed by atoms with E-state index in [1.165, 1.54) is 62.2 Å². The van der Waals surface area contributed by atoms with Crippen LogP contribution in [0.25, 0.3) is 0 Å². The van der Waals surface area contributed by atoms with Crippen LogP contribution in [0.1, 0.15) is 116 Å². The molecule has 7 rings (SSSR count). The molecule has 132 valence electrons. The summed E-state index contributed by atoms with van der Waals surface area (Å²) in [7, 11) is 0. The van der Waals surface area contributed by atoms with Gasteiger partial charge in [0.25, 0.3) is 0 Å². The molecule has 1 spiro atoms. The van der Waals surface area contributed by atoms with E-state index in [1.54, 1.807) is 77.0 Å². The molecule has 2 bridgehead atoms. The maximum absolute atomic E-state index is 1.58. The lowest BCUT2D eigenvalue weighted by Crippen LogP contribution is -2.09. The maximum atomic E-state index is 1.58. The van der Waals surface area contributed by atoms with Crippen molar-refractivity contribution in [2.75, 3.05) is 0 Å². The van der Waals surface area contributed by atoms with E-state index in [4.69, 9.17) is 0 Å². The molecule has 0 aromatic carbocycles. The fourth-order valence-electron chi connectivity index (χ4n) is 7.08. The van der Waals surface area contributed by atoms with Crippen molar-refractivity contribution in [1.29, 1.82) is 0 Å². The Morgan fingerprint density at radius 3 is 1.13 bits per heavy atom. The predicted octanol–water partition coefficient (Wildman–Crippen LogP) is 7.51. The third-order valence-corrected chi connectivity index (χ3v) is 8.61. The minimum Gasteiger partial charge on any atom is -0.0528 e. The quantitative estimate of drug-likeness (QED) is 0.433. The summed E-state index contributed by atoms with van der Waals surface area (Å²) in [5, 5.41) is 0. The van der Waals surface area contributed by atoms with Gasteiger partial charge in [-0.2, -0.15) is 0 Å². The maximum Gasteiger partial charge on any atom is -0.0297 e. The Kier molecular flexibility index (Phi) is 5.36. The number of hydrogen-bond acceptors (Lipinski definition) is 0. The lowest BCUT2D eigenvalue weighted by molar-refractivity contribution is 0.304. The molecule has 23 heavy (non-hydrogen) atoms. The fraction of sp³-hybridized carbons (Fsp3) is 1.00. The summed E-state index contributed by atoms with van der Waals surface area (Å²) in [6.45, 7) is 0. The Labute approximate surface area is 145 Å². The van der Waals surface area contributed by atoms with E-state index in [2.05, 4.69) is 0 Å². The Balaban J connectivity index is 0.0000000898. The smallest absolute Gasteiger partial charge is 0.0297 e. The first-order chi connectivity index (χ1) is 11.3. The molecule has 0 N–H and O–H groups in total.